The molecular weight excluding hydrogens is 434 g/mol. The normalized spacial score (nSPS) is 12.2. The zero-order chi connectivity index (χ0) is 23.7. The second-order valence-electron chi connectivity index (χ2n) is 6.91. The summed E-state index contributed by atoms with van der Waals surface area (Å²) >= 11 is 0. The zero-order valence-electron chi connectivity index (χ0n) is 17.8. The molecular formula is C22H27N3O6S. The molecule has 0 aliphatic heterocycles. The Kier molecular flexibility index (Phi) is 8.94. The molecule has 0 fully saturated rings. The summed E-state index contributed by atoms with van der Waals surface area (Å²) in [7, 11) is -2.84. The van der Waals surface area contributed by atoms with Crippen molar-refractivity contribution in [3.63, 3.8) is 0 Å². The minimum Gasteiger partial charge on any atom is -0.495 e. The molecule has 1 unspecified atom stereocenters. The number of aliphatic hydroxyl groups excluding tert-OH is 1. The summed E-state index contributed by atoms with van der Waals surface area (Å²) in [6.45, 7) is 8.09. The second-order valence-corrected chi connectivity index (χ2v) is 8.77. The van der Waals surface area contributed by atoms with Crippen molar-refractivity contribution < 1.29 is 23.2 Å². The highest BCUT2D eigenvalue weighted by atomic mass is 32.2. The Hall–Kier alpha value is -3.21. The van der Waals surface area contributed by atoms with Crippen LogP contribution in [-0.4, -0.2) is 62.7 Å². The van der Waals surface area contributed by atoms with E-state index in [4.69, 9.17) is 4.74 Å². The number of rotatable bonds is 13. The number of hydrogen-bond acceptors (Lipinski definition) is 7. The Morgan fingerprint density at radius 2 is 1.75 bits per heavy atom. The van der Waals surface area contributed by atoms with Gasteiger partial charge in [0.1, 0.15) is 11.4 Å². The maximum Gasteiger partial charge on any atom is 0.271 e. The van der Waals surface area contributed by atoms with Gasteiger partial charge in [-0.25, -0.2) is 8.42 Å². The molecule has 2 rings (SSSR count). The van der Waals surface area contributed by atoms with Crippen molar-refractivity contribution in [2.45, 2.75) is 11.0 Å². The second kappa shape index (κ2) is 11.4. The van der Waals surface area contributed by atoms with E-state index in [0.29, 0.717) is 13.1 Å². The maximum atomic E-state index is 13.5. The quantitative estimate of drug-likeness (QED) is 0.277. The monoisotopic (exact) mass is 461 g/mol. The molecule has 1 atom stereocenters. The summed E-state index contributed by atoms with van der Waals surface area (Å²) in [6, 6.07) is 11.3. The van der Waals surface area contributed by atoms with Gasteiger partial charge in [-0.2, -0.15) is 0 Å². The number of non-ortho nitro benzene ring substituents is 1. The molecule has 32 heavy (non-hydrogen) atoms. The van der Waals surface area contributed by atoms with E-state index in [2.05, 4.69) is 13.2 Å². The van der Waals surface area contributed by atoms with Gasteiger partial charge < -0.3 is 9.84 Å². The topological polar surface area (TPSA) is 113 Å². The standard InChI is InChI=1S/C22H27N3O6S/c1-4-13-23(14-5-2)16-19(26)17-24(32(29,30)20-9-7-6-8-10-20)21-15-18(25(27)28)11-12-22(21)31-3/h4-12,15,19,26H,1-2,13-14,16-17H2,3H3. The summed E-state index contributed by atoms with van der Waals surface area (Å²) in [6.07, 6.45) is 2.22. The fourth-order valence-corrected chi connectivity index (χ4v) is 4.69. The lowest BCUT2D eigenvalue weighted by molar-refractivity contribution is -0.384. The molecule has 0 saturated carbocycles. The third-order valence-electron chi connectivity index (χ3n) is 4.59. The van der Waals surface area contributed by atoms with E-state index >= 15 is 0 Å². The van der Waals surface area contributed by atoms with Crippen LogP contribution in [0.4, 0.5) is 11.4 Å². The number of benzene rings is 2. The van der Waals surface area contributed by atoms with Crippen LogP contribution in [0.1, 0.15) is 0 Å². The number of aliphatic hydroxyl groups is 1. The van der Waals surface area contributed by atoms with Crippen LogP contribution in [0.15, 0.2) is 78.7 Å². The average Bonchev–Trinajstić information content (AvgIpc) is 2.77. The van der Waals surface area contributed by atoms with E-state index in [0.717, 1.165) is 10.4 Å². The Bertz CT molecular complexity index is 1030. The van der Waals surface area contributed by atoms with Crippen LogP contribution in [0.2, 0.25) is 0 Å². The van der Waals surface area contributed by atoms with Crippen molar-refractivity contribution >= 4 is 21.4 Å². The Balaban J connectivity index is 2.54. The van der Waals surface area contributed by atoms with Crippen LogP contribution >= 0.6 is 0 Å². The number of hydrogen-bond donors (Lipinski definition) is 1. The molecule has 1 N–H and O–H groups in total. The van der Waals surface area contributed by atoms with Gasteiger partial charge in [-0.1, -0.05) is 30.4 Å². The van der Waals surface area contributed by atoms with Gasteiger partial charge in [0.25, 0.3) is 15.7 Å². The molecule has 0 spiro atoms. The predicted octanol–water partition coefficient (Wildman–Crippen LogP) is 2.83. The number of ether oxygens (including phenoxy) is 1. The molecule has 10 heteroatoms. The zero-order valence-corrected chi connectivity index (χ0v) is 18.6. The first kappa shape index (κ1) is 25.1. The van der Waals surface area contributed by atoms with Crippen LogP contribution in [0.25, 0.3) is 0 Å². The van der Waals surface area contributed by atoms with E-state index < -0.39 is 21.1 Å². The van der Waals surface area contributed by atoms with E-state index in [-0.39, 0.29) is 35.1 Å². The minimum absolute atomic E-state index is 0.0187. The SMILES string of the molecule is C=CCN(CC=C)CC(O)CN(c1cc([N+](=O)[O-])ccc1OC)S(=O)(=O)c1ccccc1. The molecule has 172 valence electrons. The first-order chi connectivity index (χ1) is 15.2. The highest BCUT2D eigenvalue weighted by Gasteiger charge is 2.31. The lowest BCUT2D eigenvalue weighted by atomic mass is 10.2. The van der Waals surface area contributed by atoms with Crippen molar-refractivity contribution in [1.82, 2.24) is 4.90 Å². The van der Waals surface area contributed by atoms with Gasteiger partial charge in [0.2, 0.25) is 0 Å². The van der Waals surface area contributed by atoms with Gasteiger partial charge >= 0.3 is 0 Å². The minimum atomic E-state index is -4.17. The summed E-state index contributed by atoms with van der Waals surface area (Å²) in [5.74, 6) is 0.122. The fraction of sp³-hybridized carbons (Fsp3) is 0.273. The number of nitro groups is 1. The van der Waals surface area contributed by atoms with Gasteiger partial charge in [-0.15, -0.1) is 13.2 Å². The molecule has 2 aromatic rings. The van der Waals surface area contributed by atoms with Gasteiger partial charge in [-0.3, -0.25) is 19.3 Å². The van der Waals surface area contributed by atoms with Crippen LogP contribution in [-0.2, 0) is 10.0 Å². The summed E-state index contributed by atoms with van der Waals surface area (Å²) < 4.78 is 33.2. The van der Waals surface area contributed by atoms with Gasteiger partial charge in [0.15, 0.2) is 0 Å². The molecule has 0 aliphatic carbocycles. The third kappa shape index (κ3) is 6.16. The maximum absolute atomic E-state index is 13.5. The number of methoxy groups -OCH3 is 1. The van der Waals surface area contributed by atoms with E-state index in [1.54, 1.807) is 30.4 Å². The number of anilines is 1. The van der Waals surface area contributed by atoms with E-state index in [1.165, 1.54) is 31.4 Å². The van der Waals surface area contributed by atoms with Crippen LogP contribution in [0.3, 0.4) is 0 Å². The summed E-state index contributed by atoms with van der Waals surface area (Å²) in [5.41, 5.74) is -0.341. The molecule has 0 heterocycles. The van der Waals surface area contributed by atoms with Gasteiger partial charge in [0, 0.05) is 31.8 Å². The van der Waals surface area contributed by atoms with Crippen LogP contribution < -0.4 is 9.04 Å². The highest BCUT2D eigenvalue weighted by Crippen LogP contribution is 2.35. The van der Waals surface area contributed by atoms with Crippen molar-refractivity contribution in [3.8, 4) is 5.75 Å². The Labute approximate surface area is 188 Å². The summed E-state index contributed by atoms with van der Waals surface area (Å²) in [4.78, 5) is 12.5. The first-order valence-corrected chi connectivity index (χ1v) is 11.2. The first-order valence-electron chi connectivity index (χ1n) is 9.77. The Morgan fingerprint density at radius 3 is 2.28 bits per heavy atom. The number of sulfonamides is 1. The highest BCUT2D eigenvalue weighted by molar-refractivity contribution is 7.92. The largest absolute Gasteiger partial charge is 0.495 e. The molecule has 0 aliphatic rings. The number of nitrogens with zero attached hydrogens (tertiary/aromatic N) is 3. The van der Waals surface area contributed by atoms with Gasteiger partial charge in [-0.05, 0) is 18.2 Å². The molecule has 0 radical (unpaired) electrons. The van der Waals surface area contributed by atoms with Gasteiger partial charge in [0.05, 0.1) is 29.6 Å². The fourth-order valence-electron chi connectivity index (χ4n) is 3.17. The number of nitro benzene ring substituents is 1. The van der Waals surface area contributed by atoms with E-state index in [1.807, 2.05) is 4.90 Å². The van der Waals surface area contributed by atoms with Crippen LogP contribution in [0.5, 0.6) is 5.75 Å². The molecule has 9 nitrogen and oxygen atoms in total. The molecule has 2 aromatic carbocycles. The molecule has 0 amide bonds. The van der Waals surface area contributed by atoms with Crippen molar-refractivity contribution in [1.29, 1.82) is 0 Å². The van der Waals surface area contributed by atoms with Crippen LogP contribution in [0, 0.1) is 10.1 Å². The van der Waals surface area contributed by atoms with E-state index in [9.17, 15) is 23.6 Å². The third-order valence-corrected chi connectivity index (χ3v) is 6.39. The van der Waals surface area contributed by atoms with Crippen molar-refractivity contribution in [3.05, 3.63) is 84.0 Å². The summed E-state index contributed by atoms with van der Waals surface area (Å²) in [5, 5.41) is 22.1. The smallest absolute Gasteiger partial charge is 0.271 e. The van der Waals surface area contributed by atoms with Crippen molar-refractivity contribution in [2.24, 2.45) is 0 Å². The Morgan fingerprint density at radius 1 is 1.12 bits per heavy atom. The molecule has 0 bridgehead atoms. The molecule has 0 aromatic heterocycles. The van der Waals surface area contributed by atoms with Crippen molar-refractivity contribution in [2.75, 3.05) is 37.6 Å². The molecule has 0 saturated heterocycles. The lowest BCUT2D eigenvalue weighted by Gasteiger charge is -2.30. The average molecular weight is 462 g/mol. The lowest BCUT2D eigenvalue weighted by Crippen LogP contribution is -2.43. The predicted molar refractivity (Wildman–Crippen MR) is 123 cm³/mol.